The number of hydrogen-bond acceptors (Lipinski definition) is 3. The first kappa shape index (κ1) is 14.0. The van der Waals surface area contributed by atoms with E-state index in [2.05, 4.69) is 17.4 Å². The van der Waals surface area contributed by atoms with Crippen molar-refractivity contribution in [1.82, 2.24) is 5.32 Å². The zero-order valence-corrected chi connectivity index (χ0v) is 11.3. The number of aliphatic hydroxyl groups is 1. The number of methoxy groups -OCH3 is 1. The van der Waals surface area contributed by atoms with Gasteiger partial charge in [0.15, 0.2) is 0 Å². The SMILES string of the molecule is COCC(CCO)NC(=O)C1Cc2ccccc2C1. The lowest BCUT2D eigenvalue weighted by Gasteiger charge is -2.19. The second-order valence-electron chi connectivity index (χ2n) is 5.05. The maximum atomic E-state index is 12.2. The maximum absolute atomic E-state index is 12.2. The topological polar surface area (TPSA) is 58.6 Å². The van der Waals surface area contributed by atoms with Gasteiger partial charge in [-0.3, -0.25) is 4.79 Å². The van der Waals surface area contributed by atoms with Crippen LogP contribution in [-0.2, 0) is 22.4 Å². The van der Waals surface area contributed by atoms with E-state index in [9.17, 15) is 4.79 Å². The molecular weight excluding hydrogens is 242 g/mol. The molecule has 1 unspecified atom stereocenters. The summed E-state index contributed by atoms with van der Waals surface area (Å²) in [6.07, 6.45) is 2.14. The van der Waals surface area contributed by atoms with Crippen molar-refractivity contribution in [3.63, 3.8) is 0 Å². The lowest BCUT2D eigenvalue weighted by molar-refractivity contribution is -0.125. The van der Waals surface area contributed by atoms with Gasteiger partial charge in [0.25, 0.3) is 0 Å². The quantitative estimate of drug-likeness (QED) is 0.802. The predicted molar refractivity (Wildman–Crippen MR) is 72.8 cm³/mol. The van der Waals surface area contributed by atoms with Crippen molar-refractivity contribution in [2.75, 3.05) is 20.3 Å². The Kier molecular flexibility index (Phi) is 4.93. The Balaban J connectivity index is 1.91. The highest BCUT2D eigenvalue weighted by Gasteiger charge is 2.28. The molecule has 1 aromatic carbocycles. The molecule has 0 radical (unpaired) electrons. The summed E-state index contributed by atoms with van der Waals surface area (Å²) in [5, 5.41) is 11.9. The number of aliphatic hydroxyl groups excluding tert-OH is 1. The summed E-state index contributed by atoms with van der Waals surface area (Å²) >= 11 is 0. The number of carbonyl (C=O) groups is 1. The van der Waals surface area contributed by atoms with Crippen molar-refractivity contribution in [1.29, 1.82) is 0 Å². The van der Waals surface area contributed by atoms with E-state index >= 15 is 0 Å². The number of fused-ring (bicyclic) bond motifs is 1. The molecule has 1 aliphatic rings. The minimum atomic E-state index is -0.105. The van der Waals surface area contributed by atoms with E-state index < -0.39 is 0 Å². The van der Waals surface area contributed by atoms with Crippen molar-refractivity contribution in [3.05, 3.63) is 35.4 Å². The summed E-state index contributed by atoms with van der Waals surface area (Å²) in [6, 6.07) is 8.09. The number of ether oxygens (including phenoxy) is 1. The molecule has 1 amide bonds. The number of nitrogens with one attached hydrogen (secondary N) is 1. The van der Waals surface area contributed by atoms with Crippen molar-refractivity contribution >= 4 is 5.91 Å². The monoisotopic (exact) mass is 263 g/mol. The average molecular weight is 263 g/mol. The van der Waals surface area contributed by atoms with E-state index in [1.807, 2.05) is 12.1 Å². The second-order valence-corrected chi connectivity index (χ2v) is 5.05. The molecule has 4 heteroatoms. The van der Waals surface area contributed by atoms with Gasteiger partial charge in [-0.25, -0.2) is 0 Å². The summed E-state index contributed by atoms with van der Waals surface area (Å²) < 4.78 is 5.06. The molecule has 0 saturated carbocycles. The molecular formula is C15H21NO3. The van der Waals surface area contributed by atoms with Crippen LogP contribution in [0.15, 0.2) is 24.3 Å². The molecule has 0 fully saturated rings. The van der Waals surface area contributed by atoms with Crippen LogP contribution in [0.3, 0.4) is 0 Å². The molecule has 0 heterocycles. The van der Waals surface area contributed by atoms with Gasteiger partial charge >= 0.3 is 0 Å². The highest BCUT2D eigenvalue weighted by Crippen LogP contribution is 2.26. The first-order valence-electron chi connectivity index (χ1n) is 6.71. The van der Waals surface area contributed by atoms with Crippen molar-refractivity contribution in [3.8, 4) is 0 Å². The third-order valence-corrected chi connectivity index (χ3v) is 3.61. The van der Waals surface area contributed by atoms with Gasteiger partial charge < -0.3 is 15.2 Å². The number of rotatable bonds is 6. The van der Waals surface area contributed by atoms with Crippen LogP contribution in [-0.4, -0.2) is 37.4 Å². The fraction of sp³-hybridized carbons (Fsp3) is 0.533. The van der Waals surface area contributed by atoms with E-state index in [1.54, 1.807) is 7.11 Å². The standard InChI is InChI=1S/C15H21NO3/c1-19-10-14(6-7-17)16-15(18)13-8-11-4-2-3-5-12(11)9-13/h2-5,13-14,17H,6-10H2,1H3,(H,16,18). The normalized spacial score (nSPS) is 16.1. The van der Waals surface area contributed by atoms with E-state index in [4.69, 9.17) is 9.84 Å². The van der Waals surface area contributed by atoms with Crippen LogP contribution in [0.25, 0.3) is 0 Å². The summed E-state index contributed by atoms with van der Waals surface area (Å²) in [5.74, 6) is 0.0714. The smallest absolute Gasteiger partial charge is 0.224 e. The van der Waals surface area contributed by atoms with Crippen LogP contribution in [0, 0.1) is 5.92 Å². The van der Waals surface area contributed by atoms with Crippen LogP contribution in [0.4, 0.5) is 0 Å². The third kappa shape index (κ3) is 3.55. The zero-order valence-electron chi connectivity index (χ0n) is 11.3. The first-order valence-corrected chi connectivity index (χ1v) is 6.71. The van der Waals surface area contributed by atoms with Crippen molar-refractivity contribution < 1.29 is 14.6 Å². The Bertz CT molecular complexity index is 402. The van der Waals surface area contributed by atoms with Crippen molar-refractivity contribution in [2.24, 2.45) is 5.92 Å². The van der Waals surface area contributed by atoms with Crippen LogP contribution in [0.2, 0.25) is 0 Å². The Morgan fingerprint density at radius 3 is 2.58 bits per heavy atom. The molecule has 1 aromatic rings. The van der Waals surface area contributed by atoms with Gasteiger partial charge in [0.05, 0.1) is 12.6 Å². The average Bonchev–Trinajstić information content (AvgIpc) is 2.83. The zero-order chi connectivity index (χ0) is 13.7. The summed E-state index contributed by atoms with van der Waals surface area (Å²) in [6.45, 7) is 0.491. The minimum Gasteiger partial charge on any atom is -0.396 e. The lowest BCUT2D eigenvalue weighted by atomic mass is 10.0. The highest BCUT2D eigenvalue weighted by molar-refractivity contribution is 5.80. The van der Waals surface area contributed by atoms with E-state index in [0.29, 0.717) is 13.0 Å². The van der Waals surface area contributed by atoms with Crippen LogP contribution in [0.1, 0.15) is 17.5 Å². The molecule has 19 heavy (non-hydrogen) atoms. The van der Waals surface area contributed by atoms with Gasteiger partial charge in [-0.05, 0) is 30.4 Å². The fourth-order valence-corrected chi connectivity index (χ4v) is 2.62. The molecule has 0 bridgehead atoms. The summed E-state index contributed by atoms with van der Waals surface area (Å²) in [4.78, 5) is 12.2. The van der Waals surface area contributed by atoms with Gasteiger partial charge in [-0.15, -0.1) is 0 Å². The third-order valence-electron chi connectivity index (χ3n) is 3.61. The van der Waals surface area contributed by atoms with Gasteiger partial charge in [0.2, 0.25) is 5.91 Å². The number of hydrogen-bond donors (Lipinski definition) is 2. The van der Waals surface area contributed by atoms with Gasteiger partial charge in [0, 0.05) is 19.6 Å². The summed E-state index contributed by atoms with van der Waals surface area (Å²) in [5.41, 5.74) is 2.54. The van der Waals surface area contributed by atoms with Crippen LogP contribution >= 0.6 is 0 Å². The number of benzene rings is 1. The van der Waals surface area contributed by atoms with Crippen molar-refractivity contribution in [2.45, 2.75) is 25.3 Å². The van der Waals surface area contributed by atoms with Gasteiger partial charge in [-0.2, -0.15) is 0 Å². The lowest BCUT2D eigenvalue weighted by Crippen LogP contribution is -2.42. The van der Waals surface area contributed by atoms with E-state index in [0.717, 1.165) is 12.8 Å². The molecule has 2 N–H and O–H groups in total. The molecule has 1 atom stereocenters. The molecule has 1 aliphatic carbocycles. The minimum absolute atomic E-state index is 0.00967. The Morgan fingerprint density at radius 2 is 2.05 bits per heavy atom. The second kappa shape index (κ2) is 6.68. The van der Waals surface area contributed by atoms with Gasteiger partial charge in [-0.1, -0.05) is 24.3 Å². The fourth-order valence-electron chi connectivity index (χ4n) is 2.62. The number of carbonyl (C=O) groups excluding carboxylic acids is 1. The molecule has 104 valence electrons. The van der Waals surface area contributed by atoms with Crippen LogP contribution in [0.5, 0.6) is 0 Å². The Morgan fingerprint density at radius 1 is 1.42 bits per heavy atom. The first-order chi connectivity index (χ1) is 9.24. The maximum Gasteiger partial charge on any atom is 0.224 e. The highest BCUT2D eigenvalue weighted by atomic mass is 16.5. The molecule has 0 saturated heterocycles. The molecule has 4 nitrogen and oxygen atoms in total. The molecule has 0 aliphatic heterocycles. The Labute approximate surface area is 113 Å². The molecule has 0 spiro atoms. The molecule has 2 rings (SSSR count). The number of amides is 1. The van der Waals surface area contributed by atoms with E-state index in [-0.39, 0.29) is 24.5 Å². The van der Waals surface area contributed by atoms with Gasteiger partial charge in [0.1, 0.15) is 0 Å². The Hall–Kier alpha value is -1.39. The molecule has 0 aromatic heterocycles. The largest absolute Gasteiger partial charge is 0.396 e. The summed E-state index contributed by atoms with van der Waals surface area (Å²) in [7, 11) is 1.60. The van der Waals surface area contributed by atoms with E-state index in [1.165, 1.54) is 11.1 Å². The van der Waals surface area contributed by atoms with Crippen LogP contribution < -0.4 is 5.32 Å². The predicted octanol–water partition coefficient (Wildman–Crippen LogP) is 0.915.